The van der Waals surface area contributed by atoms with Crippen LogP contribution in [0.3, 0.4) is 0 Å². The number of aryl methyl sites for hydroxylation is 1. The summed E-state index contributed by atoms with van der Waals surface area (Å²) in [7, 11) is 0. The molecule has 3 N–H and O–H groups in total. The van der Waals surface area contributed by atoms with Crippen LogP contribution < -0.4 is 31.3 Å². The van der Waals surface area contributed by atoms with Crippen LogP contribution in [-0.2, 0) is 15.9 Å². The van der Waals surface area contributed by atoms with Gasteiger partial charge in [0.15, 0.2) is 0 Å². The SMILES string of the molecule is Cc1cc(C(C)Nc2ccccc2)c2nc(N3CCOCC3)cc(=O)n2c1.Nc1ncc(-c2nc(N3CCOCC3)nc3c2CCN3c2ccncc2)cn1. The van der Waals surface area contributed by atoms with Crippen molar-refractivity contribution in [3.05, 3.63) is 113 Å². The van der Waals surface area contributed by atoms with Crippen molar-refractivity contribution in [1.29, 1.82) is 0 Å². The molecule has 0 saturated carbocycles. The lowest BCUT2D eigenvalue weighted by molar-refractivity contribution is 0.122. The Labute approximate surface area is 318 Å². The zero-order valence-electron chi connectivity index (χ0n) is 31.0. The number of nitrogens with one attached hydrogen (secondary N) is 1. The van der Waals surface area contributed by atoms with Gasteiger partial charge in [0, 0.05) is 97.8 Å². The molecular formula is C40H44N12O3. The first-order valence-corrected chi connectivity index (χ1v) is 18.6. The number of hydrogen-bond donors (Lipinski definition) is 2. The van der Waals surface area contributed by atoms with Gasteiger partial charge in [-0.3, -0.25) is 14.2 Å². The van der Waals surface area contributed by atoms with Crippen molar-refractivity contribution in [3.8, 4) is 11.3 Å². The van der Waals surface area contributed by atoms with Crippen LogP contribution in [0, 0.1) is 6.92 Å². The first-order chi connectivity index (χ1) is 26.9. The van der Waals surface area contributed by atoms with Gasteiger partial charge < -0.3 is 35.2 Å². The number of ether oxygens (including phenoxy) is 2. The molecule has 15 heteroatoms. The number of nitrogens with two attached hydrogens (primary N) is 1. The lowest BCUT2D eigenvalue weighted by Gasteiger charge is -2.28. The molecule has 8 heterocycles. The van der Waals surface area contributed by atoms with Gasteiger partial charge in [0.25, 0.3) is 5.56 Å². The van der Waals surface area contributed by atoms with E-state index in [1.54, 1.807) is 35.3 Å². The average molecular weight is 741 g/mol. The normalized spacial score (nSPS) is 16.0. The van der Waals surface area contributed by atoms with Crippen LogP contribution in [0.4, 0.5) is 34.9 Å². The summed E-state index contributed by atoms with van der Waals surface area (Å²) in [6, 6.07) is 17.8. The average Bonchev–Trinajstić information content (AvgIpc) is 3.67. The summed E-state index contributed by atoms with van der Waals surface area (Å²) < 4.78 is 12.6. The Kier molecular flexibility index (Phi) is 10.4. The molecule has 2 fully saturated rings. The number of aromatic nitrogens is 7. The lowest BCUT2D eigenvalue weighted by Crippen LogP contribution is -2.37. The second-order valence-electron chi connectivity index (χ2n) is 13.7. The summed E-state index contributed by atoms with van der Waals surface area (Å²) in [5.74, 6) is 2.60. The highest BCUT2D eigenvalue weighted by molar-refractivity contribution is 5.76. The fourth-order valence-corrected chi connectivity index (χ4v) is 7.12. The minimum Gasteiger partial charge on any atom is -0.378 e. The highest BCUT2D eigenvalue weighted by Crippen LogP contribution is 2.39. The van der Waals surface area contributed by atoms with E-state index in [1.807, 2.05) is 55.6 Å². The molecule has 9 rings (SSSR count). The zero-order valence-corrected chi connectivity index (χ0v) is 31.0. The molecule has 282 valence electrons. The van der Waals surface area contributed by atoms with Crippen LogP contribution in [0.25, 0.3) is 16.9 Å². The van der Waals surface area contributed by atoms with Crippen LogP contribution in [0.15, 0.2) is 90.4 Å². The monoisotopic (exact) mass is 740 g/mol. The molecule has 1 aromatic carbocycles. The Hall–Kier alpha value is -6.19. The number of nitrogens with zero attached hydrogens (tertiary/aromatic N) is 10. The molecule has 1 unspecified atom stereocenters. The van der Waals surface area contributed by atoms with Gasteiger partial charge in [0.2, 0.25) is 11.9 Å². The Morgan fingerprint density at radius 2 is 1.53 bits per heavy atom. The molecule has 15 nitrogen and oxygen atoms in total. The summed E-state index contributed by atoms with van der Waals surface area (Å²) in [5.41, 5.74) is 13.3. The van der Waals surface area contributed by atoms with Gasteiger partial charge in [-0.25, -0.2) is 19.9 Å². The van der Waals surface area contributed by atoms with E-state index >= 15 is 0 Å². The lowest BCUT2D eigenvalue weighted by atomic mass is 10.1. The van der Waals surface area contributed by atoms with Crippen LogP contribution in [0.2, 0.25) is 0 Å². The van der Waals surface area contributed by atoms with E-state index in [9.17, 15) is 4.79 Å². The molecule has 0 spiro atoms. The summed E-state index contributed by atoms with van der Waals surface area (Å²) in [5, 5.41) is 3.51. The first-order valence-electron chi connectivity index (χ1n) is 18.6. The van der Waals surface area contributed by atoms with Gasteiger partial charge >= 0.3 is 0 Å². The van der Waals surface area contributed by atoms with E-state index in [-0.39, 0.29) is 17.5 Å². The van der Waals surface area contributed by atoms with E-state index in [1.165, 1.54) is 0 Å². The van der Waals surface area contributed by atoms with Crippen molar-refractivity contribution in [2.45, 2.75) is 26.3 Å². The summed E-state index contributed by atoms with van der Waals surface area (Å²) in [6.45, 7) is 10.6. The highest BCUT2D eigenvalue weighted by Gasteiger charge is 2.29. The van der Waals surface area contributed by atoms with Gasteiger partial charge in [-0.1, -0.05) is 18.2 Å². The number of nitrogen functional groups attached to an aromatic ring is 1. The third-order valence-corrected chi connectivity index (χ3v) is 9.90. The molecule has 0 radical (unpaired) electrons. The molecule has 2 saturated heterocycles. The summed E-state index contributed by atoms with van der Waals surface area (Å²) >= 11 is 0. The molecule has 55 heavy (non-hydrogen) atoms. The molecule has 0 amide bonds. The maximum atomic E-state index is 12.8. The highest BCUT2D eigenvalue weighted by atomic mass is 16.5. The predicted octanol–water partition coefficient (Wildman–Crippen LogP) is 4.45. The standard InChI is InChI=1S/C21H24N4O2.C19H20N8O/c1-15-12-18(16(2)22-17-6-4-3-5-7-17)21-23-19(13-20(26)25(21)14-15)24-8-10-27-11-9-24;20-18-22-11-13(12-23-18)16-15-3-6-27(14-1-4-21-5-2-14)17(15)25-19(24-16)26-7-9-28-10-8-26/h3-7,12-14,16,22H,8-11H2,1-2H3;1-2,4-5,11-12H,3,6-10H2,(H2,20,22,23). The zero-order chi connectivity index (χ0) is 37.7. The van der Waals surface area contributed by atoms with Crippen LogP contribution in [0.5, 0.6) is 0 Å². The van der Waals surface area contributed by atoms with Crippen LogP contribution in [0.1, 0.15) is 29.7 Å². The van der Waals surface area contributed by atoms with E-state index in [2.05, 4.69) is 48.0 Å². The number of hydrogen-bond acceptors (Lipinski definition) is 14. The molecule has 5 aromatic heterocycles. The molecule has 1 atom stereocenters. The molecule has 0 aliphatic carbocycles. The van der Waals surface area contributed by atoms with Crippen molar-refractivity contribution >= 4 is 40.6 Å². The van der Waals surface area contributed by atoms with E-state index in [0.29, 0.717) is 38.0 Å². The second-order valence-corrected chi connectivity index (χ2v) is 13.7. The van der Waals surface area contributed by atoms with Crippen LogP contribution >= 0.6 is 0 Å². The fourth-order valence-electron chi connectivity index (χ4n) is 7.12. The topological polar surface area (TPSA) is 165 Å². The largest absolute Gasteiger partial charge is 0.378 e. The number of benzene rings is 1. The van der Waals surface area contributed by atoms with Crippen molar-refractivity contribution in [2.24, 2.45) is 0 Å². The number of anilines is 6. The predicted molar refractivity (Wildman–Crippen MR) is 213 cm³/mol. The third-order valence-electron chi connectivity index (χ3n) is 9.90. The molecule has 0 bridgehead atoms. The minimum atomic E-state index is -0.0571. The van der Waals surface area contributed by atoms with Gasteiger partial charge in [-0.2, -0.15) is 4.98 Å². The van der Waals surface area contributed by atoms with Crippen molar-refractivity contribution < 1.29 is 9.47 Å². The molecule has 6 aromatic rings. The Morgan fingerprint density at radius 3 is 2.24 bits per heavy atom. The van der Waals surface area contributed by atoms with Gasteiger partial charge in [0.05, 0.1) is 38.2 Å². The van der Waals surface area contributed by atoms with Crippen molar-refractivity contribution in [1.82, 2.24) is 34.3 Å². The quantitative estimate of drug-likeness (QED) is 0.236. The number of fused-ring (bicyclic) bond motifs is 2. The van der Waals surface area contributed by atoms with E-state index in [0.717, 1.165) is 90.1 Å². The van der Waals surface area contributed by atoms with Gasteiger partial charge in [-0.15, -0.1) is 0 Å². The third kappa shape index (κ3) is 7.88. The Balaban J connectivity index is 0.000000155. The minimum absolute atomic E-state index is 0.00846. The van der Waals surface area contributed by atoms with Crippen molar-refractivity contribution in [2.75, 3.05) is 84.9 Å². The number of para-hydroxylation sites is 1. The maximum Gasteiger partial charge on any atom is 0.259 e. The Bertz CT molecular complexity index is 2300. The number of pyridine rings is 2. The van der Waals surface area contributed by atoms with Gasteiger partial charge in [-0.05, 0) is 56.2 Å². The van der Waals surface area contributed by atoms with Crippen LogP contribution in [-0.4, -0.2) is 93.5 Å². The first kappa shape index (κ1) is 35.8. The maximum absolute atomic E-state index is 12.8. The molecule has 3 aliphatic rings. The summed E-state index contributed by atoms with van der Waals surface area (Å²) in [6.07, 6.45) is 9.75. The fraction of sp³-hybridized carbons (Fsp3) is 0.325. The summed E-state index contributed by atoms with van der Waals surface area (Å²) in [4.78, 5) is 46.4. The number of rotatable bonds is 7. The second kappa shape index (κ2) is 16.0. The molecular weight excluding hydrogens is 697 g/mol. The number of morpholine rings is 2. The van der Waals surface area contributed by atoms with Gasteiger partial charge in [0.1, 0.15) is 17.3 Å². The smallest absolute Gasteiger partial charge is 0.259 e. The van der Waals surface area contributed by atoms with E-state index in [4.69, 9.17) is 30.2 Å². The molecule has 3 aliphatic heterocycles. The van der Waals surface area contributed by atoms with Crippen molar-refractivity contribution in [3.63, 3.8) is 0 Å². The Morgan fingerprint density at radius 1 is 0.836 bits per heavy atom. The van der Waals surface area contributed by atoms with E-state index < -0.39 is 0 Å².